The normalized spacial score (nSPS) is 29.8. The number of piperidine rings is 2. The van der Waals surface area contributed by atoms with Crippen LogP contribution in [0.25, 0.3) is 0 Å². The summed E-state index contributed by atoms with van der Waals surface area (Å²) in [6.45, 7) is 19.5. The summed E-state index contributed by atoms with van der Waals surface area (Å²) < 4.78 is 0.541. The largest absolute Gasteiger partial charge is 0.550 e. The van der Waals surface area contributed by atoms with Gasteiger partial charge in [0, 0.05) is 30.6 Å². The highest BCUT2D eigenvalue weighted by Gasteiger charge is 2.70. The van der Waals surface area contributed by atoms with Crippen molar-refractivity contribution in [1.29, 1.82) is 0 Å². The summed E-state index contributed by atoms with van der Waals surface area (Å²) in [4.78, 5) is 39.7. The molecule has 0 N–H and O–H groups in total. The summed E-state index contributed by atoms with van der Waals surface area (Å²) >= 11 is 0. The third kappa shape index (κ3) is 11.2. The third-order valence-electron chi connectivity index (χ3n) is 14.9. The highest BCUT2D eigenvalue weighted by molar-refractivity contribution is 5.74. The van der Waals surface area contributed by atoms with Crippen molar-refractivity contribution < 1.29 is 38.8 Å². The van der Waals surface area contributed by atoms with Crippen molar-refractivity contribution in [2.75, 3.05) is 27.3 Å². The number of nitrogens with zero attached hydrogens (tertiary/aromatic N) is 2. The topological polar surface area (TPSA) is 98.7 Å². The Labute approximate surface area is 320 Å². The molecule has 2 rings (SSSR count). The minimum absolute atomic E-state index is 0.0746. The van der Waals surface area contributed by atoms with Crippen LogP contribution in [0.15, 0.2) is 0 Å². The summed E-state index contributed by atoms with van der Waals surface area (Å²) in [5.74, 6) is -1.24. The van der Waals surface area contributed by atoms with Crippen molar-refractivity contribution in [1.82, 2.24) is 0 Å². The van der Waals surface area contributed by atoms with Gasteiger partial charge < -0.3 is 19.8 Å². The molecular formula is C44H84N2O6. The zero-order chi connectivity index (χ0) is 39.1. The molecule has 6 unspecified atom stereocenters. The number of likely N-dealkylation sites (tertiary alicyclic amines) is 2. The number of hydrogen-bond acceptors (Lipinski definition) is 6. The van der Waals surface area contributed by atoms with E-state index in [1.54, 1.807) is 0 Å². The Morgan fingerprint density at radius 2 is 0.962 bits per heavy atom. The Morgan fingerprint density at radius 3 is 1.35 bits per heavy atom. The van der Waals surface area contributed by atoms with E-state index < -0.39 is 17.4 Å². The lowest BCUT2D eigenvalue weighted by Crippen LogP contribution is -2.81. The number of quaternary nitrogens is 2. The van der Waals surface area contributed by atoms with Gasteiger partial charge in [0.1, 0.15) is 41.8 Å². The van der Waals surface area contributed by atoms with Gasteiger partial charge in [-0.05, 0) is 72.6 Å². The Hall–Kier alpha value is -1.22. The van der Waals surface area contributed by atoms with Gasteiger partial charge in [-0.25, -0.2) is 9.68 Å². The standard InChI is InChI=1S/C44H84N2O6/c1-11-13-15-17-22-26-34-51-45(9)38(31-29-36(3)42(45,5)6)44(41(49)50,33-25-21-19-20-24-28-40(47)48)39-32-30-37(4)43(7,8)46(39,10)52-35-27-23-18-16-14-12-2/h36-39H,11-35H2,1-10H3. The molecule has 0 aromatic heterocycles. The van der Waals surface area contributed by atoms with Crippen molar-refractivity contribution in [3.05, 3.63) is 0 Å². The van der Waals surface area contributed by atoms with Crippen LogP contribution in [0, 0.1) is 17.3 Å². The number of hydroxylamine groups is 6. The highest BCUT2D eigenvalue weighted by Crippen LogP contribution is 2.57. The number of carbonyl (C=O) groups excluding carboxylic acids is 2. The Kier molecular flexibility index (Phi) is 19.6. The maximum atomic E-state index is 14.5. The van der Waals surface area contributed by atoms with E-state index in [1.165, 1.54) is 51.4 Å². The first-order chi connectivity index (χ1) is 24.5. The number of hydrogen-bond donors (Lipinski definition) is 0. The molecule has 8 heteroatoms. The van der Waals surface area contributed by atoms with E-state index in [1.807, 2.05) is 0 Å². The second-order valence-corrected chi connectivity index (χ2v) is 18.4. The molecule has 2 aliphatic rings. The molecule has 0 radical (unpaired) electrons. The van der Waals surface area contributed by atoms with Crippen LogP contribution in [0.2, 0.25) is 0 Å². The molecule has 2 fully saturated rings. The first-order valence-corrected chi connectivity index (χ1v) is 21.9. The van der Waals surface area contributed by atoms with Gasteiger partial charge in [0.05, 0.1) is 20.1 Å². The van der Waals surface area contributed by atoms with Crippen LogP contribution in [0.3, 0.4) is 0 Å². The van der Waals surface area contributed by atoms with E-state index in [9.17, 15) is 19.8 Å². The van der Waals surface area contributed by atoms with Gasteiger partial charge in [-0.3, -0.25) is 0 Å². The molecular weight excluding hydrogens is 652 g/mol. The molecule has 0 saturated carbocycles. The summed E-state index contributed by atoms with van der Waals surface area (Å²) in [5.41, 5.74) is -1.81. The van der Waals surface area contributed by atoms with E-state index in [0.29, 0.717) is 37.9 Å². The second kappa shape index (κ2) is 21.8. The highest BCUT2D eigenvalue weighted by atomic mass is 16.7. The number of carboxylic acid groups (broad SMARTS) is 2. The van der Waals surface area contributed by atoms with E-state index in [0.717, 1.165) is 77.0 Å². The zero-order valence-electron chi connectivity index (χ0n) is 35.8. The predicted octanol–water partition coefficient (Wildman–Crippen LogP) is 8.83. The molecule has 0 spiro atoms. The monoisotopic (exact) mass is 737 g/mol. The van der Waals surface area contributed by atoms with Crippen LogP contribution < -0.4 is 10.2 Å². The fourth-order valence-electron chi connectivity index (χ4n) is 10.0. The lowest BCUT2D eigenvalue weighted by Gasteiger charge is -2.65. The number of unbranched alkanes of at least 4 members (excludes halogenated alkanes) is 14. The number of rotatable bonds is 27. The summed E-state index contributed by atoms with van der Waals surface area (Å²) in [5, 5.41) is 25.5. The quantitative estimate of drug-likeness (QED) is 0.0618. The van der Waals surface area contributed by atoms with Gasteiger partial charge >= 0.3 is 0 Å². The fraction of sp³-hybridized carbons (Fsp3) is 0.955. The maximum Gasteiger partial charge on any atom is 0.136 e. The lowest BCUT2D eigenvalue weighted by atomic mass is 9.59. The molecule has 0 aromatic rings. The van der Waals surface area contributed by atoms with Crippen molar-refractivity contribution >= 4 is 11.9 Å². The van der Waals surface area contributed by atoms with Gasteiger partial charge in [-0.15, -0.1) is 0 Å². The molecule has 52 heavy (non-hydrogen) atoms. The predicted molar refractivity (Wildman–Crippen MR) is 208 cm³/mol. The van der Waals surface area contributed by atoms with E-state index in [2.05, 4.69) is 69.5 Å². The van der Waals surface area contributed by atoms with Crippen molar-refractivity contribution in [3.63, 3.8) is 0 Å². The summed E-state index contributed by atoms with van der Waals surface area (Å²) in [6.07, 6.45) is 21.9. The lowest BCUT2D eigenvalue weighted by molar-refractivity contribution is -1.17. The van der Waals surface area contributed by atoms with Gasteiger partial charge in [-0.2, -0.15) is 9.29 Å². The summed E-state index contributed by atoms with van der Waals surface area (Å²) in [6, 6.07) is -0.600. The van der Waals surface area contributed by atoms with Crippen LogP contribution in [0.1, 0.15) is 203 Å². The SMILES string of the molecule is CCCCCCCCO[N+]1(C)C(C(CCCCCCCC(=O)[O-])(C(=O)[O-])C2CCC(C)C(C)(C)[N+]2(C)OCCCCCCCC)CCC(C)C1(C)C. The second-order valence-electron chi connectivity index (χ2n) is 18.4. The van der Waals surface area contributed by atoms with E-state index >= 15 is 0 Å². The minimum atomic E-state index is -1.19. The zero-order valence-corrected chi connectivity index (χ0v) is 35.8. The Morgan fingerprint density at radius 1 is 0.596 bits per heavy atom. The number of carbonyl (C=O) groups is 2. The number of aliphatic carboxylic acids is 2. The van der Waals surface area contributed by atoms with Gasteiger partial charge in [0.15, 0.2) is 0 Å². The molecule has 0 aromatic carbocycles. The average Bonchev–Trinajstić information content (AvgIpc) is 3.08. The van der Waals surface area contributed by atoms with Gasteiger partial charge in [-0.1, -0.05) is 118 Å². The minimum Gasteiger partial charge on any atom is -0.550 e. The molecule has 306 valence electrons. The molecule has 2 aliphatic heterocycles. The molecule has 2 saturated heterocycles. The van der Waals surface area contributed by atoms with Gasteiger partial charge in [0.25, 0.3) is 0 Å². The smallest absolute Gasteiger partial charge is 0.136 e. The molecule has 8 nitrogen and oxygen atoms in total. The first kappa shape index (κ1) is 46.9. The van der Waals surface area contributed by atoms with E-state index in [4.69, 9.17) is 9.68 Å². The maximum absolute atomic E-state index is 14.5. The Balaban J connectivity index is 2.60. The molecule has 2 heterocycles. The van der Waals surface area contributed by atoms with Crippen molar-refractivity contribution in [2.45, 2.75) is 226 Å². The molecule has 0 bridgehead atoms. The Bertz CT molecular complexity index is 990. The fourth-order valence-corrected chi connectivity index (χ4v) is 10.0. The van der Waals surface area contributed by atoms with Gasteiger partial charge in [0.2, 0.25) is 0 Å². The van der Waals surface area contributed by atoms with Crippen LogP contribution in [-0.2, 0) is 19.3 Å². The van der Waals surface area contributed by atoms with Crippen LogP contribution in [0.4, 0.5) is 0 Å². The van der Waals surface area contributed by atoms with Crippen molar-refractivity contribution in [3.8, 4) is 0 Å². The number of carboxylic acids is 2. The molecule has 0 amide bonds. The average molecular weight is 737 g/mol. The van der Waals surface area contributed by atoms with Crippen molar-refractivity contribution in [2.24, 2.45) is 17.3 Å². The van der Waals surface area contributed by atoms with E-state index in [-0.39, 0.29) is 38.9 Å². The van der Waals surface area contributed by atoms with Crippen LogP contribution in [0.5, 0.6) is 0 Å². The molecule has 0 aliphatic carbocycles. The third-order valence-corrected chi connectivity index (χ3v) is 14.9. The van der Waals surface area contributed by atoms with Crippen LogP contribution in [-0.4, -0.2) is 71.7 Å². The first-order valence-electron chi connectivity index (χ1n) is 21.9. The molecule has 6 atom stereocenters. The summed E-state index contributed by atoms with van der Waals surface area (Å²) in [7, 11) is 4.38. The van der Waals surface area contributed by atoms with Crippen LogP contribution >= 0.6 is 0 Å².